The van der Waals surface area contributed by atoms with Crippen LogP contribution >= 0.6 is 0 Å². The summed E-state index contributed by atoms with van der Waals surface area (Å²) < 4.78 is 15.3. The van der Waals surface area contributed by atoms with Gasteiger partial charge < -0.3 is 19.3 Å². The van der Waals surface area contributed by atoms with Gasteiger partial charge in [-0.15, -0.1) is 0 Å². The third kappa shape index (κ3) is 2.06. The molecule has 0 unspecified atom stereocenters. The van der Waals surface area contributed by atoms with Crippen molar-refractivity contribution in [3.63, 3.8) is 0 Å². The van der Waals surface area contributed by atoms with E-state index in [2.05, 4.69) is 0 Å². The summed E-state index contributed by atoms with van der Waals surface area (Å²) in [5, 5.41) is 9.82. The molecule has 1 aromatic carbocycles. The van der Waals surface area contributed by atoms with Gasteiger partial charge in [-0.05, 0) is 17.7 Å². The quantitative estimate of drug-likeness (QED) is 0.757. The molecule has 2 atom stereocenters. The van der Waals surface area contributed by atoms with Crippen LogP contribution in [0.4, 0.5) is 0 Å². The number of aliphatic hydroxyl groups excluding tert-OH is 1. The van der Waals surface area contributed by atoms with Gasteiger partial charge >= 0.3 is 0 Å². The van der Waals surface area contributed by atoms with E-state index < -0.39 is 6.10 Å². The van der Waals surface area contributed by atoms with Crippen molar-refractivity contribution >= 4 is 0 Å². The molecule has 2 rings (SSSR count). The highest BCUT2D eigenvalue weighted by molar-refractivity contribution is 5.43. The predicted molar refractivity (Wildman–Crippen MR) is 54.2 cm³/mol. The van der Waals surface area contributed by atoms with Crippen molar-refractivity contribution in [1.29, 1.82) is 0 Å². The molecule has 1 aromatic rings. The van der Waals surface area contributed by atoms with Gasteiger partial charge in [0.2, 0.25) is 0 Å². The van der Waals surface area contributed by atoms with Gasteiger partial charge in [-0.1, -0.05) is 6.07 Å². The van der Waals surface area contributed by atoms with Gasteiger partial charge in [-0.3, -0.25) is 0 Å². The van der Waals surface area contributed by atoms with Gasteiger partial charge in [0.05, 0.1) is 20.8 Å². The van der Waals surface area contributed by atoms with Crippen LogP contribution in [0.3, 0.4) is 0 Å². The zero-order chi connectivity index (χ0) is 10.8. The van der Waals surface area contributed by atoms with Crippen LogP contribution in [-0.2, 0) is 4.74 Å². The molecule has 15 heavy (non-hydrogen) atoms. The molecular weight excluding hydrogens is 196 g/mol. The van der Waals surface area contributed by atoms with Crippen molar-refractivity contribution in [2.24, 2.45) is 0 Å². The lowest BCUT2D eigenvalue weighted by Crippen LogP contribution is -2.05. The summed E-state index contributed by atoms with van der Waals surface area (Å²) in [6.07, 6.45) is -0.645. The van der Waals surface area contributed by atoms with Crippen LogP contribution in [0.15, 0.2) is 18.2 Å². The number of hydrogen-bond donors (Lipinski definition) is 1. The molecule has 1 fully saturated rings. The van der Waals surface area contributed by atoms with Crippen LogP contribution in [0.1, 0.15) is 11.7 Å². The lowest BCUT2D eigenvalue weighted by Gasteiger charge is -2.12. The van der Waals surface area contributed by atoms with Crippen LogP contribution < -0.4 is 9.47 Å². The molecule has 4 heteroatoms. The van der Waals surface area contributed by atoms with Crippen LogP contribution in [0.25, 0.3) is 0 Å². The monoisotopic (exact) mass is 210 g/mol. The van der Waals surface area contributed by atoms with E-state index in [-0.39, 0.29) is 6.10 Å². The Morgan fingerprint density at radius 1 is 1.33 bits per heavy atom. The molecule has 0 bridgehead atoms. The zero-order valence-corrected chi connectivity index (χ0v) is 8.77. The van der Waals surface area contributed by atoms with Crippen LogP contribution in [0.5, 0.6) is 11.5 Å². The molecule has 0 aromatic heterocycles. The van der Waals surface area contributed by atoms with Crippen molar-refractivity contribution < 1.29 is 19.3 Å². The molecule has 1 aliphatic rings. The van der Waals surface area contributed by atoms with Gasteiger partial charge in [-0.2, -0.15) is 0 Å². The summed E-state index contributed by atoms with van der Waals surface area (Å²) in [7, 11) is 3.15. The summed E-state index contributed by atoms with van der Waals surface area (Å²) in [6.45, 7) is 0.621. The first-order valence-corrected chi connectivity index (χ1v) is 4.78. The largest absolute Gasteiger partial charge is 0.493 e. The molecule has 1 aliphatic heterocycles. The van der Waals surface area contributed by atoms with E-state index in [4.69, 9.17) is 14.2 Å². The Labute approximate surface area is 88.4 Å². The minimum atomic E-state index is -0.579. The van der Waals surface area contributed by atoms with Gasteiger partial charge in [0.15, 0.2) is 11.5 Å². The first-order valence-electron chi connectivity index (χ1n) is 4.78. The normalized spacial score (nSPS) is 20.9. The molecule has 82 valence electrons. The third-order valence-corrected chi connectivity index (χ3v) is 2.46. The summed E-state index contributed by atoms with van der Waals surface area (Å²) in [5.74, 6) is 1.28. The summed E-state index contributed by atoms with van der Waals surface area (Å²) in [6, 6.07) is 5.36. The highest BCUT2D eigenvalue weighted by atomic mass is 16.6. The number of benzene rings is 1. The second kappa shape index (κ2) is 4.08. The first-order chi connectivity index (χ1) is 7.26. The van der Waals surface area contributed by atoms with Crippen LogP contribution in [-0.4, -0.2) is 32.0 Å². The molecular formula is C11H14O4. The van der Waals surface area contributed by atoms with Gasteiger partial charge in [0, 0.05) is 0 Å². The summed E-state index contributed by atoms with van der Waals surface area (Å²) >= 11 is 0. The van der Waals surface area contributed by atoms with Gasteiger partial charge in [0.1, 0.15) is 12.2 Å². The van der Waals surface area contributed by atoms with E-state index in [1.165, 1.54) is 0 Å². The molecule has 0 radical (unpaired) electrons. The summed E-state index contributed by atoms with van der Waals surface area (Å²) in [5.41, 5.74) is 0.787. The number of ether oxygens (including phenoxy) is 3. The second-order valence-electron chi connectivity index (χ2n) is 3.43. The Kier molecular flexibility index (Phi) is 2.79. The van der Waals surface area contributed by atoms with Gasteiger partial charge in [-0.25, -0.2) is 0 Å². The van der Waals surface area contributed by atoms with Crippen molar-refractivity contribution in [2.75, 3.05) is 20.8 Å². The van der Waals surface area contributed by atoms with E-state index in [1.54, 1.807) is 26.4 Å². The first kappa shape index (κ1) is 10.3. The van der Waals surface area contributed by atoms with E-state index in [1.807, 2.05) is 6.07 Å². The molecule has 4 nitrogen and oxygen atoms in total. The highest BCUT2D eigenvalue weighted by Gasteiger charge is 2.32. The second-order valence-corrected chi connectivity index (χ2v) is 3.43. The Morgan fingerprint density at radius 3 is 2.53 bits per heavy atom. The average molecular weight is 210 g/mol. The lowest BCUT2D eigenvalue weighted by molar-refractivity contribution is 0.136. The van der Waals surface area contributed by atoms with Crippen molar-refractivity contribution in [1.82, 2.24) is 0 Å². The van der Waals surface area contributed by atoms with Crippen molar-refractivity contribution in [3.8, 4) is 11.5 Å². The average Bonchev–Trinajstić information content (AvgIpc) is 3.11. The number of epoxide rings is 1. The van der Waals surface area contributed by atoms with E-state index >= 15 is 0 Å². The number of aliphatic hydroxyl groups is 1. The SMILES string of the molecule is COc1ccc([C@@H](O)[C@H]2CO2)cc1OC. The third-order valence-electron chi connectivity index (χ3n) is 2.46. The zero-order valence-electron chi connectivity index (χ0n) is 8.77. The summed E-state index contributed by atoms with van der Waals surface area (Å²) in [4.78, 5) is 0. The van der Waals surface area contributed by atoms with Crippen LogP contribution in [0, 0.1) is 0 Å². The number of methoxy groups -OCH3 is 2. The maximum atomic E-state index is 9.82. The van der Waals surface area contributed by atoms with E-state index in [0.29, 0.717) is 18.1 Å². The molecule has 1 N–H and O–H groups in total. The van der Waals surface area contributed by atoms with Crippen molar-refractivity contribution in [3.05, 3.63) is 23.8 Å². The Bertz CT molecular complexity index is 346. The lowest BCUT2D eigenvalue weighted by atomic mass is 10.1. The minimum absolute atomic E-state index is 0.0666. The topological polar surface area (TPSA) is 51.2 Å². The number of hydrogen-bond acceptors (Lipinski definition) is 4. The van der Waals surface area contributed by atoms with Crippen LogP contribution in [0.2, 0.25) is 0 Å². The molecule has 0 aliphatic carbocycles. The Morgan fingerprint density at radius 2 is 2.00 bits per heavy atom. The fraction of sp³-hybridized carbons (Fsp3) is 0.455. The van der Waals surface area contributed by atoms with E-state index in [9.17, 15) is 5.11 Å². The molecule has 0 spiro atoms. The molecule has 0 saturated carbocycles. The fourth-order valence-corrected chi connectivity index (χ4v) is 1.49. The number of rotatable bonds is 4. The Balaban J connectivity index is 2.25. The fourth-order valence-electron chi connectivity index (χ4n) is 1.49. The van der Waals surface area contributed by atoms with Gasteiger partial charge in [0.25, 0.3) is 0 Å². The highest BCUT2D eigenvalue weighted by Crippen LogP contribution is 2.33. The Hall–Kier alpha value is -1.26. The molecule has 0 amide bonds. The molecule has 1 heterocycles. The minimum Gasteiger partial charge on any atom is -0.493 e. The maximum Gasteiger partial charge on any atom is 0.161 e. The molecule has 1 saturated heterocycles. The smallest absolute Gasteiger partial charge is 0.161 e. The standard InChI is InChI=1S/C11H14O4/c1-13-8-4-3-7(5-9(8)14-2)11(12)10-6-15-10/h3-5,10-12H,6H2,1-2H3/t10-,11-/m1/s1. The maximum absolute atomic E-state index is 9.82. The predicted octanol–water partition coefficient (Wildman–Crippen LogP) is 1.14. The van der Waals surface area contributed by atoms with Crippen molar-refractivity contribution in [2.45, 2.75) is 12.2 Å². The van der Waals surface area contributed by atoms with E-state index in [0.717, 1.165) is 5.56 Å².